The van der Waals surface area contributed by atoms with Crippen molar-refractivity contribution in [3.05, 3.63) is 28.5 Å². The van der Waals surface area contributed by atoms with Crippen LogP contribution in [-0.2, 0) is 9.63 Å². The highest BCUT2D eigenvalue weighted by atomic mass is 79.9. The first-order chi connectivity index (χ1) is 7.09. The van der Waals surface area contributed by atoms with Crippen LogP contribution in [0.2, 0.25) is 0 Å². The van der Waals surface area contributed by atoms with Crippen molar-refractivity contribution in [3.63, 3.8) is 0 Å². The number of primary amides is 1. The smallest absolute Gasteiger partial charge is 0.276 e. The zero-order chi connectivity index (χ0) is 11.3. The van der Waals surface area contributed by atoms with Crippen LogP contribution in [-0.4, -0.2) is 23.4 Å². The van der Waals surface area contributed by atoms with Crippen molar-refractivity contribution in [1.29, 1.82) is 0 Å². The number of hydroxylamine groups is 1. The van der Waals surface area contributed by atoms with Gasteiger partial charge in [0.1, 0.15) is 4.60 Å². The van der Waals surface area contributed by atoms with Gasteiger partial charge in [0.15, 0.2) is 6.61 Å². The van der Waals surface area contributed by atoms with Gasteiger partial charge in [-0.25, -0.2) is 10.5 Å². The second kappa shape index (κ2) is 5.42. The Hall–Kier alpha value is -1.47. The van der Waals surface area contributed by atoms with Gasteiger partial charge in [-0.3, -0.25) is 14.4 Å². The number of hydrogen-bond acceptors (Lipinski definition) is 4. The summed E-state index contributed by atoms with van der Waals surface area (Å²) in [5.74, 6) is -1.15. The first-order valence-electron chi connectivity index (χ1n) is 3.91. The normalized spacial score (nSPS) is 9.67. The number of aromatic nitrogens is 1. The molecular formula is C8H8BrN3O3. The Kier molecular flexibility index (Phi) is 4.19. The maximum absolute atomic E-state index is 11.3. The molecule has 0 saturated carbocycles. The van der Waals surface area contributed by atoms with Gasteiger partial charge >= 0.3 is 0 Å². The Labute approximate surface area is 93.9 Å². The highest BCUT2D eigenvalue weighted by Crippen LogP contribution is 2.05. The van der Waals surface area contributed by atoms with E-state index in [4.69, 9.17) is 5.73 Å². The average molecular weight is 274 g/mol. The summed E-state index contributed by atoms with van der Waals surface area (Å²) in [6.45, 7) is -0.365. The lowest BCUT2D eigenvalue weighted by Gasteiger charge is -2.03. The number of pyridine rings is 1. The third-order valence-corrected chi connectivity index (χ3v) is 1.84. The number of nitrogens with one attached hydrogen (secondary N) is 1. The third-order valence-electron chi connectivity index (χ3n) is 1.37. The van der Waals surface area contributed by atoms with Gasteiger partial charge in [-0.2, -0.15) is 0 Å². The molecule has 0 saturated heterocycles. The number of carbonyl (C=O) groups is 2. The van der Waals surface area contributed by atoms with Crippen LogP contribution >= 0.6 is 15.9 Å². The molecule has 0 bridgehead atoms. The molecule has 0 aromatic carbocycles. The van der Waals surface area contributed by atoms with Crippen molar-refractivity contribution in [2.75, 3.05) is 6.61 Å². The molecule has 7 heteroatoms. The molecule has 0 unspecified atom stereocenters. The van der Waals surface area contributed by atoms with E-state index in [2.05, 4.69) is 31.2 Å². The van der Waals surface area contributed by atoms with Crippen molar-refractivity contribution >= 4 is 27.7 Å². The van der Waals surface area contributed by atoms with E-state index in [0.717, 1.165) is 0 Å². The van der Waals surface area contributed by atoms with Gasteiger partial charge in [-0.15, -0.1) is 0 Å². The monoisotopic (exact) mass is 273 g/mol. The summed E-state index contributed by atoms with van der Waals surface area (Å²) < 4.78 is 0.622. The Balaban J connectivity index is 2.47. The Morgan fingerprint density at radius 1 is 1.53 bits per heavy atom. The lowest BCUT2D eigenvalue weighted by molar-refractivity contribution is -0.124. The lowest BCUT2D eigenvalue weighted by Crippen LogP contribution is -2.29. The molecule has 1 aromatic heterocycles. The topological polar surface area (TPSA) is 94.3 Å². The van der Waals surface area contributed by atoms with Crippen LogP contribution in [0.25, 0.3) is 0 Å². The van der Waals surface area contributed by atoms with Gasteiger partial charge < -0.3 is 5.73 Å². The van der Waals surface area contributed by atoms with Crippen molar-refractivity contribution < 1.29 is 14.4 Å². The molecule has 15 heavy (non-hydrogen) atoms. The zero-order valence-electron chi connectivity index (χ0n) is 7.57. The highest BCUT2D eigenvalue weighted by molar-refractivity contribution is 9.10. The van der Waals surface area contributed by atoms with Crippen LogP contribution in [0.3, 0.4) is 0 Å². The second-order valence-corrected chi connectivity index (χ2v) is 3.37. The molecule has 0 aliphatic rings. The minimum Gasteiger partial charge on any atom is -0.368 e. The second-order valence-electron chi connectivity index (χ2n) is 2.56. The van der Waals surface area contributed by atoms with Crippen LogP contribution in [0.15, 0.2) is 22.9 Å². The largest absolute Gasteiger partial charge is 0.368 e. The van der Waals surface area contributed by atoms with E-state index in [1.807, 2.05) is 0 Å². The summed E-state index contributed by atoms with van der Waals surface area (Å²) in [5, 5.41) is 0. The molecule has 0 aliphatic heterocycles. The maximum atomic E-state index is 11.3. The van der Waals surface area contributed by atoms with Crippen molar-refractivity contribution in [1.82, 2.24) is 10.5 Å². The molecule has 3 N–H and O–H groups in total. The predicted octanol–water partition coefficient (Wildman–Crippen LogP) is -0.00920. The van der Waals surface area contributed by atoms with Gasteiger partial charge in [0.2, 0.25) is 5.91 Å². The van der Waals surface area contributed by atoms with E-state index in [9.17, 15) is 9.59 Å². The average Bonchev–Trinajstić information content (AvgIpc) is 2.18. The van der Waals surface area contributed by atoms with Gasteiger partial charge in [0, 0.05) is 6.20 Å². The molecule has 0 radical (unpaired) electrons. The van der Waals surface area contributed by atoms with Crippen LogP contribution in [0, 0.1) is 0 Å². The van der Waals surface area contributed by atoms with Crippen molar-refractivity contribution in [3.8, 4) is 0 Å². The number of carbonyl (C=O) groups excluding carboxylic acids is 2. The number of amides is 2. The van der Waals surface area contributed by atoms with Crippen LogP contribution in [0.1, 0.15) is 10.4 Å². The Morgan fingerprint density at radius 3 is 2.80 bits per heavy atom. The molecule has 1 heterocycles. The minimum atomic E-state index is -0.663. The summed E-state index contributed by atoms with van der Waals surface area (Å²) >= 11 is 3.13. The van der Waals surface area contributed by atoms with Crippen LogP contribution in [0.4, 0.5) is 0 Å². The summed E-state index contributed by atoms with van der Waals surface area (Å²) in [6, 6.07) is 3.17. The summed E-state index contributed by atoms with van der Waals surface area (Å²) in [5.41, 5.74) is 7.18. The fourth-order valence-corrected chi connectivity index (χ4v) is 0.976. The number of rotatable bonds is 4. The summed E-state index contributed by atoms with van der Waals surface area (Å²) in [6.07, 6.45) is 1.37. The number of hydrogen-bond donors (Lipinski definition) is 2. The zero-order valence-corrected chi connectivity index (χ0v) is 9.15. The Morgan fingerprint density at radius 2 is 2.27 bits per heavy atom. The molecule has 0 atom stereocenters. The number of nitrogens with zero attached hydrogens (tertiary/aromatic N) is 1. The molecule has 0 spiro atoms. The molecule has 1 rings (SSSR count). The number of halogens is 1. The SMILES string of the molecule is NC(=O)CONC(=O)c1ccc(Br)nc1. The van der Waals surface area contributed by atoms with E-state index in [0.29, 0.717) is 10.2 Å². The van der Waals surface area contributed by atoms with Gasteiger partial charge in [-0.05, 0) is 28.1 Å². The van der Waals surface area contributed by atoms with Gasteiger partial charge in [0.05, 0.1) is 5.56 Å². The standard InChI is InChI=1S/C8H8BrN3O3/c9-6-2-1-5(3-11-6)8(14)12-15-4-7(10)13/h1-3H,4H2,(H2,10,13)(H,12,14). The van der Waals surface area contributed by atoms with Crippen LogP contribution < -0.4 is 11.2 Å². The van der Waals surface area contributed by atoms with E-state index in [1.165, 1.54) is 6.20 Å². The molecule has 80 valence electrons. The molecule has 2 amide bonds. The molecular weight excluding hydrogens is 266 g/mol. The Bertz CT molecular complexity index is 366. The molecule has 0 fully saturated rings. The summed E-state index contributed by atoms with van der Waals surface area (Å²) in [7, 11) is 0. The lowest BCUT2D eigenvalue weighted by atomic mass is 10.3. The highest BCUT2D eigenvalue weighted by Gasteiger charge is 2.05. The number of nitrogens with two attached hydrogens (primary N) is 1. The fraction of sp³-hybridized carbons (Fsp3) is 0.125. The molecule has 1 aromatic rings. The maximum Gasteiger partial charge on any atom is 0.276 e. The first kappa shape index (κ1) is 11.6. The van der Waals surface area contributed by atoms with Gasteiger partial charge in [-0.1, -0.05) is 0 Å². The summed E-state index contributed by atoms with van der Waals surface area (Å²) in [4.78, 5) is 30.0. The molecule has 6 nitrogen and oxygen atoms in total. The third kappa shape index (κ3) is 4.05. The quantitative estimate of drug-likeness (QED) is 0.596. The van der Waals surface area contributed by atoms with Gasteiger partial charge in [0.25, 0.3) is 5.91 Å². The van der Waals surface area contributed by atoms with Crippen molar-refractivity contribution in [2.45, 2.75) is 0 Å². The first-order valence-corrected chi connectivity index (χ1v) is 4.71. The van der Waals surface area contributed by atoms with Crippen LogP contribution in [0.5, 0.6) is 0 Å². The van der Waals surface area contributed by atoms with E-state index >= 15 is 0 Å². The molecule has 0 aliphatic carbocycles. The minimum absolute atomic E-state index is 0.322. The fourth-order valence-electron chi connectivity index (χ4n) is 0.742. The van der Waals surface area contributed by atoms with E-state index in [1.54, 1.807) is 12.1 Å². The van der Waals surface area contributed by atoms with E-state index in [-0.39, 0.29) is 6.61 Å². The van der Waals surface area contributed by atoms with Crippen molar-refractivity contribution in [2.24, 2.45) is 5.73 Å². The van der Waals surface area contributed by atoms with E-state index < -0.39 is 11.8 Å². The predicted molar refractivity (Wildman–Crippen MR) is 54.5 cm³/mol.